The van der Waals surface area contributed by atoms with E-state index >= 15 is 0 Å². The fraction of sp³-hybridized carbons (Fsp3) is 0.500. The van der Waals surface area contributed by atoms with Gasteiger partial charge in [-0.1, -0.05) is 38.0 Å². The first-order valence-corrected chi connectivity index (χ1v) is 7.64. The minimum atomic E-state index is -1.33. The summed E-state index contributed by atoms with van der Waals surface area (Å²) in [6.45, 7) is 11.1. The van der Waals surface area contributed by atoms with Crippen LogP contribution in [-0.4, -0.2) is 47.6 Å². The van der Waals surface area contributed by atoms with E-state index in [-0.39, 0.29) is 6.61 Å². The van der Waals surface area contributed by atoms with E-state index in [9.17, 15) is 5.11 Å². The number of allylic oxidation sites excluding steroid dienone is 3. The molecule has 0 aromatic carbocycles. The largest absolute Gasteiger partial charge is 0.394 e. The highest BCUT2D eigenvalue weighted by Crippen LogP contribution is 2.59. The van der Waals surface area contributed by atoms with Crippen molar-refractivity contribution in [3.05, 3.63) is 38.0 Å². The lowest BCUT2D eigenvalue weighted by Crippen LogP contribution is -2.23. The van der Waals surface area contributed by atoms with Gasteiger partial charge >= 0.3 is 0 Å². The molecule has 1 unspecified atom stereocenters. The van der Waals surface area contributed by atoms with Gasteiger partial charge in [0.25, 0.3) is 0 Å². The lowest BCUT2D eigenvalue weighted by Gasteiger charge is -2.25. The quantitative estimate of drug-likeness (QED) is 0.468. The summed E-state index contributed by atoms with van der Waals surface area (Å²) in [7, 11) is -1.33. The van der Waals surface area contributed by atoms with Crippen LogP contribution in [0.4, 0.5) is 0 Å². The highest BCUT2D eigenvalue weighted by Gasteiger charge is 2.35. The van der Waals surface area contributed by atoms with Crippen LogP contribution in [0.25, 0.3) is 0 Å². The molecule has 0 aromatic heterocycles. The molecule has 0 spiro atoms. The first kappa shape index (κ1) is 14.6. The maximum Gasteiger partial charge on any atom is 0.110 e. The van der Waals surface area contributed by atoms with Crippen LogP contribution in [-0.2, 0) is 0 Å². The molecule has 0 aliphatic heterocycles. The molecule has 0 heterocycles. The van der Waals surface area contributed by atoms with Crippen molar-refractivity contribution in [1.82, 2.24) is 0 Å². The fourth-order valence-electron chi connectivity index (χ4n) is 1.77. The zero-order chi connectivity index (χ0) is 11.7. The summed E-state index contributed by atoms with van der Waals surface area (Å²) in [5.41, 5.74) is 0. The van der Waals surface area contributed by atoms with Crippen LogP contribution in [0.15, 0.2) is 38.0 Å². The summed E-state index contributed by atoms with van der Waals surface area (Å²) in [6.07, 6.45) is 8.43. The molecule has 0 bridgehead atoms. The molecule has 0 aliphatic carbocycles. The van der Waals surface area contributed by atoms with Crippen molar-refractivity contribution in [2.75, 3.05) is 31.3 Å². The SMILES string of the molecule is C=CC[P+](CC=C)(CC=C)CC(O)CO. The number of rotatable bonds is 9. The van der Waals surface area contributed by atoms with Crippen LogP contribution in [0, 0.1) is 0 Å². The second kappa shape index (κ2) is 7.81. The summed E-state index contributed by atoms with van der Waals surface area (Å²) >= 11 is 0. The minimum Gasteiger partial charge on any atom is -0.394 e. The molecular weight excluding hydrogens is 207 g/mol. The smallest absolute Gasteiger partial charge is 0.110 e. The number of hydrogen-bond acceptors (Lipinski definition) is 2. The average molecular weight is 229 g/mol. The van der Waals surface area contributed by atoms with E-state index in [0.717, 1.165) is 18.5 Å². The zero-order valence-corrected chi connectivity index (χ0v) is 10.2. The highest BCUT2D eigenvalue weighted by atomic mass is 31.2. The predicted molar refractivity (Wildman–Crippen MR) is 70.1 cm³/mol. The van der Waals surface area contributed by atoms with Crippen LogP contribution >= 0.6 is 7.26 Å². The number of hydrogen-bond donors (Lipinski definition) is 2. The minimum absolute atomic E-state index is 0.173. The van der Waals surface area contributed by atoms with Crippen molar-refractivity contribution in [1.29, 1.82) is 0 Å². The molecule has 3 heteroatoms. The Bertz CT molecular complexity index is 187. The number of aliphatic hydroxyl groups excluding tert-OH is 2. The van der Waals surface area contributed by atoms with Gasteiger partial charge < -0.3 is 10.2 Å². The second-order valence-electron chi connectivity index (χ2n) is 3.77. The molecule has 0 aromatic rings. The normalized spacial score (nSPS) is 13.2. The zero-order valence-electron chi connectivity index (χ0n) is 9.31. The van der Waals surface area contributed by atoms with Crippen LogP contribution in [0.1, 0.15) is 0 Å². The molecule has 0 aliphatic rings. The predicted octanol–water partition coefficient (Wildman–Crippen LogP) is 1.92. The Morgan fingerprint density at radius 2 is 1.40 bits per heavy atom. The van der Waals surface area contributed by atoms with Crippen LogP contribution in [0.3, 0.4) is 0 Å². The third-order valence-electron chi connectivity index (χ3n) is 2.36. The standard InChI is InChI=1S/C12H22O2P/c1-4-7-15(8-5-2,9-6-3)11-12(14)10-13/h4-6,12-14H,1-3,7-11H2/q+1. The average Bonchev–Trinajstić information content (AvgIpc) is 2.18. The van der Waals surface area contributed by atoms with E-state index in [1.165, 1.54) is 0 Å². The van der Waals surface area contributed by atoms with Gasteiger partial charge in [-0.15, -0.1) is 0 Å². The molecular formula is C12H22O2P+. The van der Waals surface area contributed by atoms with E-state index in [2.05, 4.69) is 19.7 Å². The van der Waals surface area contributed by atoms with Crippen molar-refractivity contribution in [3.8, 4) is 0 Å². The molecule has 86 valence electrons. The molecule has 15 heavy (non-hydrogen) atoms. The molecule has 0 fully saturated rings. The monoisotopic (exact) mass is 229 g/mol. The summed E-state index contributed by atoms with van der Waals surface area (Å²) in [5.74, 6) is 0. The Morgan fingerprint density at radius 1 is 1.00 bits per heavy atom. The molecule has 0 rings (SSSR count). The van der Waals surface area contributed by atoms with E-state index in [1.807, 2.05) is 18.2 Å². The van der Waals surface area contributed by atoms with Gasteiger partial charge in [-0.25, -0.2) is 0 Å². The van der Waals surface area contributed by atoms with E-state index in [1.54, 1.807) is 0 Å². The Kier molecular flexibility index (Phi) is 7.59. The fourth-order valence-corrected chi connectivity index (χ4v) is 5.32. The molecule has 0 radical (unpaired) electrons. The van der Waals surface area contributed by atoms with Crippen molar-refractivity contribution < 1.29 is 10.2 Å². The van der Waals surface area contributed by atoms with Gasteiger partial charge in [0.15, 0.2) is 0 Å². The van der Waals surface area contributed by atoms with E-state index < -0.39 is 13.4 Å². The third-order valence-corrected chi connectivity index (χ3v) is 6.65. The van der Waals surface area contributed by atoms with Crippen LogP contribution in [0.5, 0.6) is 0 Å². The summed E-state index contributed by atoms with van der Waals surface area (Å²) in [5, 5.41) is 18.4. The molecule has 2 N–H and O–H groups in total. The van der Waals surface area contributed by atoms with Gasteiger partial charge in [-0.3, -0.25) is 0 Å². The van der Waals surface area contributed by atoms with Crippen LogP contribution < -0.4 is 0 Å². The summed E-state index contributed by atoms with van der Waals surface area (Å²) in [6, 6.07) is 0. The summed E-state index contributed by atoms with van der Waals surface area (Å²) in [4.78, 5) is 0. The van der Waals surface area contributed by atoms with Crippen molar-refractivity contribution in [3.63, 3.8) is 0 Å². The molecule has 1 atom stereocenters. The Hall–Kier alpha value is -0.430. The van der Waals surface area contributed by atoms with Crippen molar-refractivity contribution in [2.45, 2.75) is 6.10 Å². The molecule has 0 saturated carbocycles. The Morgan fingerprint density at radius 3 is 1.67 bits per heavy atom. The van der Waals surface area contributed by atoms with Gasteiger partial charge in [0.1, 0.15) is 6.10 Å². The van der Waals surface area contributed by atoms with Gasteiger partial charge in [-0.2, -0.15) is 0 Å². The van der Waals surface area contributed by atoms with Crippen molar-refractivity contribution in [2.24, 2.45) is 0 Å². The van der Waals surface area contributed by atoms with Gasteiger partial charge in [0.05, 0.1) is 31.3 Å². The van der Waals surface area contributed by atoms with Crippen LogP contribution in [0.2, 0.25) is 0 Å². The molecule has 0 saturated heterocycles. The summed E-state index contributed by atoms with van der Waals surface area (Å²) < 4.78 is 0. The maximum atomic E-state index is 9.55. The first-order valence-electron chi connectivity index (χ1n) is 5.11. The second-order valence-corrected chi connectivity index (χ2v) is 7.92. The lowest BCUT2D eigenvalue weighted by atomic mass is 10.4. The third kappa shape index (κ3) is 5.27. The Balaban J connectivity index is 4.65. The van der Waals surface area contributed by atoms with Gasteiger partial charge in [-0.05, 0) is 0 Å². The topological polar surface area (TPSA) is 40.5 Å². The van der Waals surface area contributed by atoms with Gasteiger partial charge in [0.2, 0.25) is 0 Å². The van der Waals surface area contributed by atoms with Crippen molar-refractivity contribution >= 4 is 7.26 Å². The van der Waals surface area contributed by atoms with Gasteiger partial charge in [0, 0.05) is 7.26 Å². The first-order chi connectivity index (χ1) is 7.14. The molecule has 0 amide bonds. The van der Waals surface area contributed by atoms with E-state index in [4.69, 9.17) is 5.11 Å². The maximum absolute atomic E-state index is 9.55. The molecule has 2 nitrogen and oxygen atoms in total. The number of aliphatic hydroxyl groups is 2. The Labute approximate surface area is 93.4 Å². The lowest BCUT2D eigenvalue weighted by molar-refractivity contribution is 0.112. The van der Waals surface area contributed by atoms with E-state index in [0.29, 0.717) is 6.16 Å². The highest BCUT2D eigenvalue weighted by molar-refractivity contribution is 7.76.